The lowest BCUT2D eigenvalue weighted by Gasteiger charge is -2.11. The third kappa shape index (κ3) is 5.36. The summed E-state index contributed by atoms with van der Waals surface area (Å²) in [6.45, 7) is 0. The van der Waals surface area contributed by atoms with Crippen molar-refractivity contribution in [2.75, 3.05) is 19.0 Å². The Morgan fingerprint density at radius 2 is 1.33 bits per heavy atom. The molecule has 0 spiro atoms. The Kier molecular flexibility index (Phi) is 6.13. The smallest absolute Gasteiger partial charge is 0.0975 e. The monoisotopic (exact) mass is 357 g/mol. The first-order chi connectivity index (χ1) is 13.1. The summed E-state index contributed by atoms with van der Waals surface area (Å²) in [5, 5.41) is 18.7. The lowest BCUT2D eigenvalue weighted by Crippen LogP contribution is -2.07. The molecule has 0 radical (unpaired) electrons. The molecule has 0 aliphatic rings. The van der Waals surface area contributed by atoms with E-state index in [1.54, 1.807) is 6.08 Å². The predicted octanol–water partition coefficient (Wildman–Crippen LogP) is 5.91. The molecule has 0 aromatic heterocycles. The van der Waals surface area contributed by atoms with E-state index >= 15 is 0 Å². The van der Waals surface area contributed by atoms with E-state index in [0.717, 1.165) is 28.2 Å². The highest BCUT2D eigenvalue weighted by molar-refractivity contribution is 5.55. The van der Waals surface area contributed by atoms with E-state index in [-0.39, 0.29) is 0 Å². The third-order valence-corrected chi connectivity index (χ3v) is 4.15. The van der Waals surface area contributed by atoms with Crippen LogP contribution < -0.4 is 4.90 Å². The molecule has 0 amide bonds. The average molecular weight is 357 g/mol. The minimum atomic E-state index is -0.615. The molecule has 0 saturated carbocycles. The van der Waals surface area contributed by atoms with E-state index in [1.165, 1.54) is 0 Å². The van der Waals surface area contributed by atoms with Gasteiger partial charge in [-0.2, -0.15) is 10.2 Å². The van der Waals surface area contributed by atoms with Gasteiger partial charge in [0.2, 0.25) is 0 Å². The first-order valence-corrected chi connectivity index (χ1v) is 8.82. The molecule has 1 N–H and O–H groups in total. The molecule has 0 heterocycles. The molecule has 0 bridgehead atoms. The molecule has 27 heavy (non-hydrogen) atoms. The lowest BCUT2D eigenvalue weighted by molar-refractivity contribution is 0.229. The molecule has 3 aromatic rings. The zero-order valence-electron chi connectivity index (χ0n) is 15.5. The lowest BCUT2D eigenvalue weighted by atomic mass is 10.1. The SMILES string of the molecule is CN(C)c1ccc(N=Nc2ccc(/C=C/C(O)c3ccccc3)cc2)cc1. The Hall–Kier alpha value is -3.24. The van der Waals surface area contributed by atoms with Crippen LogP contribution in [-0.4, -0.2) is 19.2 Å². The van der Waals surface area contributed by atoms with Crippen LogP contribution in [-0.2, 0) is 0 Å². The van der Waals surface area contributed by atoms with Crippen LogP contribution in [0.4, 0.5) is 17.1 Å². The van der Waals surface area contributed by atoms with Gasteiger partial charge in [-0.15, -0.1) is 0 Å². The number of aliphatic hydroxyl groups is 1. The maximum absolute atomic E-state index is 10.2. The summed E-state index contributed by atoms with van der Waals surface area (Å²) in [5.74, 6) is 0. The highest BCUT2D eigenvalue weighted by Crippen LogP contribution is 2.22. The second-order valence-corrected chi connectivity index (χ2v) is 6.42. The Morgan fingerprint density at radius 3 is 1.89 bits per heavy atom. The van der Waals surface area contributed by atoms with Gasteiger partial charge in [0.15, 0.2) is 0 Å². The van der Waals surface area contributed by atoms with Crippen molar-refractivity contribution in [1.82, 2.24) is 0 Å². The van der Waals surface area contributed by atoms with E-state index in [2.05, 4.69) is 10.2 Å². The highest BCUT2D eigenvalue weighted by Gasteiger charge is 2.01. The molecule has 3 rings (SSSR count). The number of hydrogen-bond donors (Lipinski definition) is 1. The average Bonchev–Trinajstić information content (AvgIpc) is 2.72. The van der Waals surface area contributed by atoms with E-state index in [0.29, 0.717) is 0 Å². The second-order valence-electron chi connectivity index (χ2n) is 6.42. The van der Waals surface area contributed by atoms with Crippen LogP contribution in [0.5, 0.6) is 0 Å². The van der Waals surface area contributed by atoms with Gasteiger partial charge in [0.05, 0.1) is 17.5 Å². The van der Waals surface area contributed by atoms with E-state index in [1.807, 2.05) is 104 Å². The fourth-order valence-electron chi connectivity index (χ4n) is 2.55. The maximum atomic E-state index is 10.2. The van der Waals surface area contributed by atoms with Crippen LogP contribution in [0.25, 0.3) is 6.08 Å². The molecule has 0 fully saturated rings. The van der Waals surface area contributed by atoms with Crippen LogP contribution >= 0.6 is 0 Å². The molecule has 1 atom stereocenters. The summed E-state index contributed by atoms with van der Waals surface area (Å²) in [6.07, 6.45) is 3.06. The summed E-state index contributed by atoms with van der Waals surface area (Å²) in [6, 6.07) is 25.2. The van der Waals surface area contributed by atoms with E-state index < -0.39 is 6.10 Å². The van der Waals surface area contributed by atoms with Gasteiger partial charge in [0, 0.05) is 19.8 Å². The zero-order valence-corrected chi connectivity index (χ0v) is 15.5. The Balaban J connectivity index is 1.62. The minimum Gasteiger partial charge on any atom is -0.384 e. The Labute approximate surface area is 160 Å². The second kappa shape index (κ2) is 8.92. The van der Waals surface area contributed by atoms with Crippen molar-refractivity contribution in [3.05, 3.63) is 96.1 Å². The van der Waals surface area contributed by atoms with Crippen LogP contribution in [0, 0.1) is 0 Å². The number of nitrogens with zero attached hydrogens (tertiary/aromatic N) is 3. The van der Waals surface area contributed by atoms with Crippen LogP contribution in [0.1, 0.15) is 17.2 Å². The molecule has 3 aromatic carbocycles. The van der Waals surface area contributed by atoms with Crippen molar-refractivity contribution < 1.29 is 5.11 Å². The number of hydrogen-bond acceptors (Lipinski definition) is 4. The fraction of sp³-hybridized carbons (Fsp3) is 0.130. The van der Waals surface area contributed by atoms with Crippen LogP contribution in [0.2, 0.25) is 0 Å². The molecular weight excluding hydrogens is 334 g/mol. The molecule has 0 aliphatic carbocycles. The standard InChI is InChI=1S/C23H23N3O/c1-26(2)22-15-13-21(14-16-22)25-24-20-11-8-18(9-12-20)10-17-23(27)19-6-4-3-5-7-19/h3-17,23,27H,1-2H3/b17-10+,25-24?. The van der Waals surface area contributed by atoms with Crippen LogP contribution in [0.3, 0.4) is 0 Å². The van der Waals surface area contributed by atoms with Gasteiger partial charge in [0.1, 0.15) is 0 Å². The molecule has 1 unspecified atom stereocenters. The van der Waals surface area contributed by atoms with Gasteiger partial charge in [-0.1, -0.05) is 54.6 Å². The number of rotatable bonds is 6. The largest absolute Gasteiger partial charge is 0.384 e. The summed E-state index contributed by atoms with van der Waals surface area (Å²) in [7, 11) is 4.01. The van der Waals surface area contributed by atoms with Crippen LogP contribution in [0.15, 0.2) is 95.2 Å². The van der Waals surface area contributed by atoms with E-state index in [4.69, 9.17) is 0 Å². The van der Waals surface area contributed by atoms with Gasteiger partial charge in [-0.25, -0.2) is 0 Å². The highest BCUT2D eigenvalue weighted by atomic mass is 16.3. The van der Waals surface area contributed by atoms with Gasteiger partial charge >= 0.3 is 0 Å². The minimum absolute atomic E-state index is 0.615. The number of azo groups is 1. The Morgan fingerprint density at radius 1 is 0.778 bits per heavy atom. The summed E-state index contributed by atoms with van der Waals surface area (Å²) < 4.78 is 0. The molecule has 136 valence electrons. The Bertz CT molecular complexity index is 899. The van der Waals surface area contributed by atoms with Crippen molar-refractivity contribution >= 4 is 23.1 Å². The van der Waals surface area contributed by atoms with Gasteiger partial charge in [0.25, 0.3) is 0 Å². The quantitative estimate of drug-likeness (QED) is 0.557. The van der Waals surface area contributed by atoms with E-state index in [9.17, 15) is 5.11 Å². The number of benzene rings is 3. The van der Waals surface area contributed by atoms with Crippen molar-refractivity contribution in [1.29, 1.82) is 0 Å². The first kappa shape index (κ1) is 18.5. The van der Waals surface area contributed by atoms with Crippen molar-refractivity contribution in [3.8, 4) is 0 Å². The topological polar surface area (TPSA) is 48.2 Å². The summed E-state index contributed by atoms with van der Waals surface area (Å²) >= 11 is 0. The normalized spacial score (nSPS) is 12.6. The summed E-state index contributed by atoms with van der Waals surface area (Å²) in [4.78, 5) is 2.04. The number of anilines is 1. The third-order valence-electron chi connectivity index (χ3n) is 4.15. The number of aliphatic hydroxyl groups excluding tert-OH is 1. The molecule has 4 nitrogen and oxygen atoms in total. The zero-order chi connectivity index (χ0) is 19.1. The molecule has 4 heteroatoms. The maximum Gasteiger partial charge on any atom is 0.0975 e. The van der Waals surface area contributed by atoms with Crippen molar-refractivity contribution in [2.45, 2.75) is 6.10 Å². The van der Waals surface area contributed by atoms with Gasteiger partial charge < -0.3 is 10.0 Å². The molecular formula is C23H23N3O. The molecule has 0 saturated heterocycles. The predicted molar refractivity (Wildman–Crippen MR) is 112 cm³/mol. The molecule has 0 aliphatic heterocycles. The fourth-order valence-corrected chi connectivity index (χ4v) is 2.55. The summed E-state index contributed by atoms with van der Waals surface area (Å²) in [5.41, 5.74) is 4.60. The van der Waals surface area contributed by atoms with Gasteiger partial charge in [-0.3, -0.25) is 0 Å². The first-order valence-electron chi connectivity index (χ1n) is 8.82. The van der Waals surface area contributed by atoms with Crippen molar-refractivity contribution in [3.63, 3.8) is 0 Å². The van der Waals surface area contributed by atoms with Crippen molar-refractivity contribution in [2.24, 2.45) is 10.2 Å². The van der Waals surface area contributed by atoms with Gasteiger partial charge in [-0.05, 0) is 47.5 Å².